The monoisotopic (exact) mass is 286 g/mol. The third-order valence-corrected chi connectivity index (χ3v) is 4.54. The lowest BCUT2D eigenvalue weighted by molar-refractivity contribution is -0.937. The number of quaternary nitrogens is 1. The topological polar surface area (TPSA) is 54.4 Å². The molecule has 0 radical (unpaired) electrons. The molecule has 108 valence electrons. The van der Waals surface area contributed by atoms with Gasteiger partial charge in [-0.05, 0) is 13.8 Å². The van der Waals surface area contributed by atoms with E-state index in [0.29, 0.717) is 6.42 Å². The predicted molar refractivity (Wildman–Crippen MR) is 77.4 cm³/mol. The zero-order chi connectivity index (χ0) is 14.4. The van der Waals surface area contributed by atoms with Crippen molar-refractivity contribution < 1.29 is 17.5 Å². The van der Waals surface area contributed by atoms with Crippen LogP contribution in [0.1, 0.15) is 25.8 Å². The fourth-order valence-corrected chi connectivity index (χ4v) is 2.89. The lowest BCUT2D eigenvalue weighted by atomic mass is 10.1. The Bertz CT molecular complexity index is 467. The molecule has 1 aromatic carbocycles. The van der Waals surface area contributed by atoms with Gasteiger partial charge in [0.25, 0.3) is 10.1 Å². The minimum absolute atomic E-state index is 0.151. The maximum absolute atomic E-state index is 10.8. The van der Waals surface area contributed by atoms with Crippen molar-refractivity contribution in [2.45, 2.75) is 26.8 Å². The van der Waals surface area contributed by atoms with E-state index >= 15 is 0 Å². The van der Waals surface area contributed by atoms with Crippen LogP contribution in [0.5, 0.6) is 0 Å². The summed E-state index contributed by atoms with van der Waals surface area (Å²) in [5.74, 6) is -0.151. The Morgan fingerprint density at radius 1 is 1.11 bits per heavy atom. The number of rotatable bonds is 8. The average molecular weight is 286 g/mol. The quantitative estimate of drug-likeness (QED) is 0.589. The highest BCUT2D eigenvalue weighted by molar-refractivity contribution is 7.85. The van der Waals surface area contributed by atoms with Gasteiger partial charge in [0.05, 0.1) is 25.4 Å². The minimum Gasteiger partial charge on any atom is -0.320 e. The molecule has 0 aliphatic carbocycles. The van der Waals surface area contributed by atoms with Gasteiger partial charge in [-0.3, -0.25) is 4.55 Å². The van der Waals surface area contributed by atoms with Crippen LogP contribution in [0.15, 0.2) is 30.3 Å². The van der Waals surface area contributed by atoms with Crippen molar-refractivity contribution in [1.29, 1.82) is 0 Å². The van der Waals surface area contributed by atoms with E-state index in [4.69, 9.17) is 4.55 Å². The Morgan fingerprint density at radius 3 is 2.16 bits per heavy atom. The second kappa shape index (κ2) is 7.03. The molecule has 0 fully saturated rings. The van der Waals surface area contributed by atoms with E-state index in [1.54, 1.807) is 0 Å². The van der Waals surface area contributed by atoms with E-state index in [0.717, 1.165) is 30.7 Å². The Labute approximate surface area is 116 Å². The lowest BCUT2D eigenvalue weighted by Gasteiger charge is -2.37. The van der Waals surface area contributed by atoms with Gasteiger partial charge in [-0.2, -0.15) is 8.42 Å². The van der Waals surface area contributed by atoms with Crippen molar-refractivity contribution in [3.63, 3.8) is 0 Å². The molecule has 0 aliphatic heterocycles. The van der Waals surface area contributed by atoms with Crippen LogP contribution < -0.4 is 0 Å². The van der Waals surface area contributed by atoms with E-state index in [1.807, 2.05) is 18.2 Å². The Hall–Kier alpha value is -0.910. The zero-order valence-electron chi connectivity index (χ0n) is 11.7. The maximum atomic E-state index is 10.8. The van der Waals surface area contributed by atoms with E-state index in [2.05, 4.69) is 26.0 Å². The van der Waals surface area contributed by atoms with Gasteiger partial charge in [-0.15, -0.1) is 0 Å². The molecule has 0 amide bonds. The van der Waals surface area contributed by atoms with Gasteiger partial charge in [-0.25, -0.2) is 0 Å². The Balaban J connectivity index is 2.68. The molecule has 0 aromatic heterocycles. The second-order valence-electron chi connectivity index (χ2n) is 4.98. The summed E-state index contributed by atoms with van der Waals surface area (Å²) in [4.78, 5) is 0. The van der Waals surface area contributed by atoms with E-state index in [-0.39, 0.29) is 5.75 Å². The highest BCUT2D eigenvalue weighted by Crippen LogP contribution is 2.15. The van der Waals surface area contributed by atoms with Crippen molar-refractivity contribution >= 4 is 10.1 Å². The SMILES string of the molecule is CC[N+](CC)(CCCS(=O)(=O)O)Cc1ccccc1. The molecule has 4 nitrogen and oxygen atoms in total. The van der Waals surface area contributed by atoms with Crippen LogP contribution in [-0.2, 0) is 16.7 Å². The van der Waals surface area contributed by atoms with Crippen LogP contribution in [0.2, 0.25) is 0 Å². The molecule has 0 spiro atoms. The predicted octanol–water partition coefficient (Wildman–Crippen LogP) is 2.32. The molecule has 1 N–H and O–H groups in total. The van der Waals surface area contributed by atoms with E-state index in [1.165, 1.54) is 5.56 Å². The smallest absolute Gasteiger partial charge is 0.265 e. The summed E-state index contributed by atoms with van der Waals surface area (Å²) >= 11 is 0. The summed E-state index contributed by atoms with van der Waals surface area (Å²) in [5, 5.41) is 0. The first-order valence-corrected chi connectivity index (χ1v) is 8.36. The van der Waals surface area contributed by atoms with Crippen LogP contribution in [0.25, 0.3) is 0 Å². The third kappa shape index (κ3) is 5.72. The number of hydrogen-bond acceptors (Lipinski definition) is 2. The zero-order valence-corrected chi connectivity index (χ0v) is 12.6. The summed E-state index contributed by atoms with van der Waals surface area (Å²) in [6.45, 7) is 7.83. The second-order valence-corrected chi connectivity index (χ2v) is 6.55. The van der Waals surface area contributed by atoms with Gasteiger partial charge >= 0.3 is 0 Å². The maximum Gasteiger partial charge on any atom is 0.265 e. The summed E-state index contributed by atoms with van der Waals surface area (Å²) < 4.78 is 31.3. The number of nitrogens with zero attached hydrogens (tertiary/aromatic N) is 1. The summed E-state index contributed by atoms with van der Waals surface area (Å²) in [5.41, 5.74) is 1.26. The van der Waals surface area contributed by atoms with Gasteiger partial charge in [0.2, 0.25) is 0 Å². The van der Waals surface area contributed by atoms with Crippen LogP contribution in [0.4, 0.5) is 0 Å². The van der Waals surface area contributed by atoms with Crippen molar-refractivity contribution in [2.75, 3.05) is 25.4 Å². The normalized spacial score (nSPS) is 12.6. The molecular formula is C14H24NO3S+. The van der Waals surface area contributed by atoms with Gasteiger partial charge in [0.1, 0.15) is 6.54 Å². The van der Waals surface area contributed by atoms with Gasteiger partial charge in [0, 0.05) is 12.0 Å². The first-order valence-electron chi connectivity index (χ1n) is 6.75. The number of benzene rings is 1. The molecule has 0 aliphatic rings. The van der Waals surface area contributed by atoms with Crippen molar-refractivity contribution in [3.8, 4) is 0 Å². The molecule has 0 atom stereocenters. The first-order chi connectivity index (χ1) is 8.91. The highest BCUT2D eigenvalue weighted by Gasteiger charge is 2.24. The Morgan fingerprint density at radius 2 is 1.68 bits per heavy atom. The van der Waals surface area contributed by atoms with E-state index in [9.17, 15) is 8.42 Å². The molecule has 0 unspecified atom stereocenters. The van der Waals surface area contributed by atoms with Gasteiger partial charge in [0.15, 0.2) is 0 Å². The van der Waals surface area contributed by atoms with Crippen molar-refractivity contribution in [3.05, 3.63) is 35.9 Å². The van der Waals surface area contributed by atoms with Gasteiger partial charge < -0.3 is 4.48 Å². The molecular weight excluding hydrogens is 262 g/mol. The first kappa shape index (κ1) is 16.1. The molecule has 0 heterocycles. The molecule has 1 aromatic rings. The van der Waals surface area contributed by atoms with Gasteiger partial charge in [-0.1, -0.05) is 30.3 Å². The number of hydrogen-bond donors (Lipinski definition) is 1. The molecule has 0 saturated carbocycles. The van der Waals surface area contributed by atoms with Crippen LogP contribution in [-0.4, -0.2) is 42.8 Å². The molecule has 5 heteroatoms. The highest BCUT2D eigenvalue weighted by atomic mass is 32.2. The van der Waals surface area contributed by atoms with Crippen LogP contribution >= 0.6 is 0 Å². The summed E-state index contributed by atoms with van der Waals surface area (Å²) in [7, 11) is -3.85. The molecule has 0 bridgehead atoms. The molecule has 0 saturated heterocycles. The van der Waals surface area contributed by atoms with Crippen LogP contribution in [0.3, 0.4) is 0 Å². The summed E-state index contributed by atoms with van der Waals surface area (Å²) in [6, 6.07) is 10.2. The fourth-order valence-electron chi connectivity index (χ4n) is 2.40. The summed E-state index contributed by atoms with van der Waals surface area (Å²) in [6.07, 6.45) is 0.493. The van der Waals surface area contributed by atoms with Crippen molar-refractivity contribution in [1.82, 2.24) is 0 Å². The largest absolute Gasteiger partial charge is 0.320 e. The van der Waals surface area contributed by atoms with E-state index < -0.39 is 10.1 Å². The third-order valence-electron chi connectivity index (χ3n) is 3.74. The molecule has 1 rings (SSSR count). The van der Waals surface area contributed by atoms with Crippen molar-refractivity contribution in [2.24, 2.45) is 0 Å². The minimum atomic E-state index is -3.85. The molecule has 19 heavy (non-hydrogen) atoms. The Kier molecular flexibility index (Phi) is 5.97. The lowest BCUT2D eigenvalue weighted by Crippen LogP contribution is -2.48. The fraction of sp³-hybridized carbons (Fsp3) is 0.571. The standard InChI is InChI=1S/C14H23NO3S/c1-3-15(4-2,11-8-12-19(16,17)18)13-14-9-6-5-7-10-14/h5-7,9-10H,3-4,8,11-13H2,1-2H3/p+1. The van der Waals surface area contributed by atoms with Crippen LogP contribution in [0, 0.1) is 0 Å². The average Bonchev–Trinajstić information content (AvgIpc) is 2.37.